The van der Waals surface area contributed by atoms with Crippen molar-refractivity contribution in [2.75, 3.05) is 11.9 Å². The smallest absolute Gasteiger partial charge is 0.263 e. The summed E-state index contributed by atoms with van der Waals surface area (Å²) >= 11 is 0. The number of amides is 1. The van der Waals surface area contributed by atoms with Crippen LogP contribution >= 0.6 is 0 Å². The van der Waals surface area contributed by atoms with Gasteiger partial charge in [-0.25, -0.2) is 4.98 Å². The van der Waals surface area contributed by atoms with Crippen molar-refractivity contribution in [1.82, 2.24) is 4.98 Å². The number of fused-ring (bicyclic) bond motifs is 1. The molecule has 3 rings (SSSR count). The largest absolute Gasteiger partial charge is 0.483 e. The van der Waals surface area contributed by atoms with Crippen LogP contribution in [0.2, 0.25) is 0 Å². The zero-order valence-corrected chi connectivity index (χ0v) is 14.1. The number of aromatic nitrogens is 1. The number of nitrogens with one attached hydrogen (secondary N) is 1. The highest BCUT2D eigenvalue weighted by atomic mass is 16.5. The Morgan fingerprint density at radius 1 is 1.46 bits per heavy atom. The fourth-order valence-electron chi connectivity index (χ4n) is 2.66. The lowest BCUT2D eigenvalue weighted by Crippen LogP contribution is -2.25. The van der Waals surface area contributed by atoms with Crippen molar-refractivity contribution in [3.63, 3.8) is 0 Å². The number of hydrogen-bond donors (Lipinski definition) is 1. The molecule has 1 aliphatic heterocycles. The third-order valence-corrected chi connectivity index (χ3v) is 3.83. The zero-order valence-electron chi connectivity index (χ0n) is 14.1. The lowest BCUT2D eigenvalue weighted by atomic mass is 9.94. The summed E-state index contributed by atoms with van der Waals surface area (Å²) in [4.78, 5) is 16.1. The first-order chi connectivity index (χ1) is 11.3. The van der Waals surface area contributed by atoms with Gasteiger partial charge < -0.3 is 14.8 Å². The van der Waals surface area contributed by atoms with Crippen LogP contribution in [-0.2, 0) is 11.2 Å². The average Bonchev–Trinajstić information content (AvgIpc) is 2.83. The van der Waals surface area contributed by atoms with Crippen LogP contribution in [0, 0.1) is 6.92 Å². The van der Waals surface area contributed by atoms with E-state index in [1.807, 2.05) is 32.9 Å². The van der Waals surface area contributed by atoms with Crippen molar-refractivity contribution >= 4 is 25.0 Å². The molecule has 0 unspecified atom stereocenters. The molecule has 0 saturated carbocycles. The highest BCUT2D eigenvalue weighted by Gasteiger charge is 2.32. The van der Waals surface area contributed by atoms with E-state index in [-0.39, 0.29) is 18.1 Å². The van der Waals surface area contributed by atoms with Crippen LogP contribution < -0.4 is 20.3 Å². The second-order valence-corrected chi connectivity index (χ2v) is 6.55. The Morgan fingerprint density at radius 2 is 2.25 bits per heavy atom. The van der Waals surface area contributed by atoms with Crippen molar-refractivity contribution in [2.24, 2.45) is 0 Å². The Bertz CT molecular complexity index is 790. The molecule has 0 spiro atoms. The number of aryl methyl sites for hydroxylation is 1. The van der Waals surface area contributed by atoms with Crippen LogP contribution in [0.5, 0.6) is 11.5 Å². The molecule has 2 heterocycles. The molecule has 0 saturated heterocycles. The topological polar surface area (TPSA) is 60.5 Å². The highest BCUT2D eigenvalue weighted by molar-refractivity contribution is 6.33. The molecule has 1 aliphatic rings. The highest BCUT2D eigenvalue weighted by Crippen LogP contribution is 2.41. The van der Waals surface area contributed by atoms with Crippen LogP contribution in [0.3, 0.4) is 0 Å². The van der Waals surface area contributed by atoms with Gasteiger partial charge in [-0.2, -0.15) is 0 Å². The number of benzene rings is 1. The first-order valence-corrected chi connectivity index (χ1v) is 7.80. The van der Waals surface area contributed by atoms with Gasteiger partial charge in [0.25, 0.3) is 5.91 Å². The van der Waals surface area contributed by atoms with Crippen molar-refractivity contribution in [3.05, 3.63) is 41.6 Å². The molecule has 0 aliphatic carbocycles. The van der Waals surface area contributed by atoms with Crippen LogP contribution in [0.25, 0.3) is 0 Å². The molecule has 1 N–H and O–H groups in total. The number of rotatable bonds is 4. The van der Waals surface area contributed by atoms with E-state index in [4.69, 9.17) is 17.3 Å². The van der Waals surface area contributed by atoms with E-state index >= 15 is 0 Å². The van der Waals surface area contributed by atoms with Crippen LogP contribution in [0.1, 0.15) is 25.0 Å². The third kappa shape index (κ3) is 3.53. The summed E-state index contributed by atoms with van der Waals surface area (Å²) in [6.07, 6.45) is 2.34. The van der Waals surface area contributed by atoms with Gasteiger partial charge in [0.05, 0.1) is 0 Å². The second kappa shape index (κ2) is 6.19. The molecule has 1 amide bonds. The quantitative estimate of drug-likeness (QED) is 0.874. The summed E-state index contributed by atoms with van der Waals surface area (Å²) in [5.41, 5.74) is 2.28. The van der Waals surface area contributed by atoms with Gasteiger partial charge in [0.2, 0.25) is 0 Å². The number of anilines is 1. The molecule has 1 aromatic heterocycles. The number of ether oxygens (including phenoxy) is 2. The fraction of sp³-hybridized carbons (Fsp3) is 0.333. The molecule has 6 heteroatoms. The number of carbonyl (C=O) groups excluding carboxylic acids is 1. The van der Waals surface area contributed by atoms with Crippen molar-refractivity contribution in [3.8, 4) is 11.5 Å². The van der Waals surface area contributed by atoms with Gasteiger partial charge in [-0.15, -0.1) is 0 Å². The molecular weight excluding hydrogens is 303 g/mol. The van der Waals surface area contributed by atoms with Crippen molar-refractivity contribution in [2.45, 2.75) is 32.8 Å². The van der Waals surface area contributed by atoms with Crippen LogP contribution in [-0.4, -0.2) is 30.9 Å². The summed E-state index contributed by atoms with van der Waals surface area (Å²) in [5.74, 6) is 1.46. The minimum absolute atomic E-state index is 0.120. The van der Waals surface area contributed by atoms with Gasteiger partial charge in [0, 0.05) is 18.2 Å². The fourth-order valence-corrected chi connectivity index (χ4v) is 2.66. The second-order valence-electron chi connectivity index (χ2n) is 6.55. The summed E-state index contributed by atoms with van der Waals surface area (Å²) in [6, 6.07) is 7.44. The maximum atomic E-state index is 12.1. The maximum Gasteiger partial charge on any atom is 0.263 e. The number of hydrogen-bond acceptors (Lipinski definition) is 4. The molecule has 0 bridgehead atoms. The average molecular weight is 322 g/mol. The van der Waals surface area contributed by atoms with E-state index < -0.39 is 0 Å². The number of pyridine rings is 1. The minimum atomic E-state index is -0.290. The number of para-hydroxylation sites is 1. The number of nitrogens with zero attached hydrogens (tertiary/aromatic N) is 1. The van der Waals surface area contributed by atoms with Crippen molar-refractivity contribution < 1.29 is 14.3 Å². The van der Waals surface area contributed by atoms with Gasteiger partial charge in [-0.3, -0.25) is 4.79 Å². The van der Waals surface area contributed by atoms with E-state index in [9.17, 15) is 4.79 Å². The number of carbonyl (C=O) groups is 1. The first kappa shape index (κ1) is 16.4. The normalized spacial score (nSPS) is 14.6. The molecule has 122 valence electrons. The van der Waals surface area contributed by atoms with Gasteiger partial charge in [-0.05, 0) is 32.9 Å². The molecule has 5 nitrogen and oxygen atoms in total. The summed E-state index contributed by atoms with van der Waals surface area (Å²) in [5, 5.41) is 2.69. The summed E-state index contributed by atoms with van der Waals surface area (Å²) in [6.45, 7) is 5.79. The predicted molar refractivity (Wildman–Crippen MR) is 93.3 cm³/mol. The van der Waals surface area contributed by atoms with E-state index in [0.717, 1.165) is 23.3 Å². The Balaban J connectivity index is 1.63. The van der Waals surface area contributed by atoms with Crippen LogP contribution in [0.15, 0.2) is 30.5 Å². The first-order valence-electron chi connectivity index (χ1n) is 7.80. The Morgan fingerprint density at radius 3 is 3.00 bits per heavy atom. The van der Waals surface area contributed by atoms with Gasteiger partial charge in [0.15, 0.2) is 18.1 Å². The molecule has 24 heavy (non-hydrogen) atoms. The summed E-state index contributed by atoms with van der Waals surface area (Å²) < 4.78 is 11.6. The monoisotopic (exact) mass is 322 g/mol. The van der Waals surface area contributed by atoms with Gasteiger partial charge in [0.1, 0.15) is 19.3 Å². The third-order valence-electron chi connectivity index (χ3n) is 3.83. The molecule has 0 atom stereocenters. The van der Waals surface area contributed by atoms with Gasteiger partial charge in [-0.1, -0.05) is 23.2 Å². The minimum Gasteiger partial charge on any atom is -0.483 e. The molecule has 0 fully saturated rings. The Hall–Kier alpha value is -2.50. The lowest BCUT2D eigenvalue weighted by molar-refractivity contribution is -0.118. The molecule has 1 aromatic carbocycles. The SMILES string of the molecule is [B]c1cnc(NC(=O)COc2cccc3c2OC(C)(C)C3)cc1C. The zero-order chi connectivity index (χ0) is 17.3. The van der Waals surface area contributed by atoms with E-state index in [0.29, 0.717) is 17.0 Å². The standard InChI is InChI=1S/C18H19BN2O3/c1-11-7-15(20-9-13(11)19)21-16(22)10-23-14-6-4-5-12-8-18(2,3)24-17(12)14/h4-7,9H,8,10H2,1-3H3,(H,20,21,22). The van der Waals surface area contributed by atoms with E-state index in [1.165, 1.54) is 6.20 Å². The van der Waals surface area contributed by atoms with E-state index in [1.54, 1.807) is 12.1 Å². The maximum absolute atomic E-state index is 12.1. The molecular formula is C18H19BN2O3. The van der Waals surface area contributed by atoms with Gasteiger partial charge >= 0.3 is 0 Å². The summed E-state index contributed by atoms with van der Waals surface area (Å²) in [7, 11) is 5.71. The lowest BCUT2D eigenvalue weighted by Gasteiger charge is -2.18. The van der Waals surface area contributed by atoms with Crippen molar-refractivity contribution in [1.29, 1.82) is 0 Å². The Labute approximate surface area is 142 Å². The van der Waals surface area contributed by atoms with E-state index in [2.05, 4.69) is 10.3 Å². The molecule has 2 radical (unpaired) electrons. The van der Waals surface area contributed by atoms with Crippen LogP contribution in [0.4, 0.5) is 5.82 Å². The molecule has 2 aromatic rings. The predicted octanol–water partition coefficient (Wildman–Crippen LogP) is 1.91. The Kier molecular flexibility index (Phi) is 4.22.